The first kappa shape index (κ1) is 10.7. The fourth-order valence-corrected chi connectivity index (χ4v) is 2.12. The van der Waals surface area contributed by atoms with Crippen LogP contribution >= 0.6 is 0 Å². The molecule has 7 heteroatoms. The van der Waals surface area contributed by atoms with Crippen molar-refractivity contribution >= 4 is 5.97 Å². The van der Waals surface area contributed by atoms with Gasteiger partial charge in [-0.2, -0.15) is 0 Å². The lowest BCUT2D eigenvalue weighted by molar-refractivity contribution is -0.160. The summed E-state index contributed by atoms with van der Waals surface area (Å²) in [5.41, 5.74) is -0.665. The number of hydrogen-bond acceptors (Lipinski definition) is 5. The van der Waals surface area contributed by atoms with Crippen molar-refractivity contribution in [3.63, 3.8) is 0 Å². The van der Waals surface area contributed by atoms with Gasteiger partial charge >= 0.3 is 5.97 Å². The predicted molar refractivity (Wildman–Crippen MR) is 54.0 cm³/mol. The van der Waals surface area contributed by atoms with Crippen LogP contribution < -0.4 is 0 Å². The van der Waals surface area contributed by atoms with Gasteiger partial charge in [-0.15, -0.1) is 5.10 Å². The molecule has 0 spiro atoms. The van der Waals surface area contributed by atoms with E-state index in [1.165, 1.54) is 0 Å². The van der Waals surface area contributed by atoms with E-state index < -0.39 is 17.5 Å². The second-order valence-electron chi connectivity index (χ2n) is 4.76. The van der Waals surface area contributed by atoms with E-state index in [1.807, 2.05) is 0 Å². The molecule has 0 amide bonds. The molecule has 2 fully saturated rings. The van der Waals surface area contributed by atoms with Crippen LogP contribution in [0.5, 0.6) is 0 Å². The fourth-order valence-electron chi connectivity index (χ4n) is 2.12. The van der Waals surface area contributed by atoms with Crippen LogP contribution in [0.15, 0.2) is 6.20 Å². The third-order valence-corrected chi connectivity index (χ3v) is 3.33. The van der Waals surface area contributed by atoms with Gasteiger partial charge in [0.1, 0.15) is 17.4 Å². The highest BCUT2D eigenvalue weighted by Crippen LogP contribution is 2.44. The normalized spacial score (nSPS) is 35.4. The molecular formula is C10H13N3O4. The Hall–Kier alpha value is -1.47. The Kier molecular flexibility index (Phi) is 2.20. The largest absolute Gasteiger partial charge is 0.481 e. The number of carbonyl (C=O) groups is 1. The maximum absolute atomic E-state index is 10.7. The van der Waals surface area contributed by atoms with Gasteiger partial charge in [0.25, 0.3) is 0 Å². The van der Waals surface area contributed by atoms with Crippen molar-refractivity contribution < 1.29 is 19.7 Å². The maximum Gasteiger partial charge on any atom is 0.306 e. The van der Waals surface area contributed by atoms with E-state index in [4.69, 9.17) is 9.84 Å². The summed E-state index contributed by atoms with van der Waals surface area (Å²) in [4.78, 5) is 10.7. The highest BCUT2D eigenvalue weighted by Gasteiger charge is 2.49. The highest BCUT2D eigenvalue weighted by atomic mass is 16.6. The van der Waals surface area contributed by atoms with Crippen molar-refractivity contribution in [2.45, 2.75) is 31.1 Å². The Bertz CT molecular complexity index is 448. The van der Waals surface area contributed by atoms with Gasteiger partial charge in [0.2, 0.25) is 0 Å². The van der Waals surface area contributed by atoms with E-state index in [0.29, 0.717) is 12.2 Å². The smallest absolute Gasteiger partial charge is 0.306 e. The molecule has 0 unspecified atom stereocenters. The Balaban J connectivity index is 1.67. The van der Waals surface area contributed by atoms with Crippen LogP contribution in [0.25, 0.3) is 0 Å². The van der Waals surface area contributed by atoms with Crippen LogP contribution in [-0.4, -0.2) is 43.9 Å². The zero-order valence-electron chi connectivity index (χ0n) is 9.11. The lowest BCUT2D eigenvalue weighted by Crippen LogP contribution is -2.44. The van der Waals surface area contributed by atoms with Gasteiger partial charge in [0, 0.05) is 0 Å². The SMILES string of the molecule is O=C(O)C1CC(O)(c2cn(C[C@H]3CO3)nn2)C1. The molecule has 0 radical (unpaired) electrons. The minimum atomic E-state index is -1.12. The van der Waals surface area contributed by atoms with E-state index >= 15 is 0 Å². The molecule has 1 aliphatic heterocycles. The van der Waals surface area contributed by atoms with Crippen molar-refractivity contribution in [2.24, 2.45) is 5.92 Å². The molecule has 2 aliphatic rings. The van der Waals surface area contributed by atoms with Crippen LogP contribution in [0.2, 0.25) is 0 Å². The number of ether oxygens (including phenoxy) is 1. The van der Waals surface area contributed by atoms with Gasteiger partial charge in [0.05, 0.1) is 25.3 Å². The third kappa shape index (κ3) is 1.91. The van der Waals surface area contributed by atoms with Crippen molar-refractivity contribution in [2.75, 3.05) is 6.61 Å². The summed E-state index contributed by atoms with van der Waals surface area (Å²) in [5, 5.41) is 26.7. The molecule has 1 atom stereocenters. The predicted octanol–water partition coefficient (Wildman–Crippen LogP) is -0.641. The number of epoxide rings is 1. The summed E-state index contributed by atoms with van der Waals surface area (Å²) < 4.78 is 6.69. The number of nitrogens with zero attached hydrogens (tertiary/aromatic N) is 3. The Morgan fingerprint density at radius 3 is 2.94 bits per heavy atom. The average molecular weight is 239 g/mol. The first-order valence-corrected chi connectivity index (χ1v) is 5.54. The lowest BCUT2D eigenvalue weighted by atomic mass is 9.69. The second kappa shape index (κ2) is 3.51. The maximum atomic E-state index is 10.7. The molecule has 1 aliphatic carbocycles. The molecule has 92 valence electrons. The topological polar surface area (TPSA) is 101 Å². The van der Waals surface area contributed by atoms with E-state index in [-0.39, 0.29) is 18.9 Å². The van der Waals surface area contributed by atoms with Crippen molar-refractivity contribution in [3.8, 4) is 0 Å². The molecule has 7 nitrogen and oxygen atoms in total. The number of carboxylic acid groups (broad SMARTS) is 1. The summed E-state index contributed by atoms with van der Waals surface area (Å²) in [5.74, 6) is -1.34. The van der Waals surface area contributed by atoms with E-state index in [0.717, 1.165) is 6.61 Å². The zero-order valence-corrected chi connectivity index (χ0v) is 9.11. The molecule has 2 heterocycles. The Labute approximate surface area is 97.0 Å². The molecule has 3 rings (SSSR count). The standard InChI is InChI=1S/C10H13N3O4/c14-9(15)6-1-10(16,2-6)8-4-13(12-11-8)3-7-5-17-7/h4,6-7,16H,1-3,5H2,(H,14,15)/t6?,7-,10?/m0/s1. The summed E-state index contributed by atoms with van der Waals surface area (Å²) >= 11 is 0. The summed E-state index contributed by atoms with van der Waals surface area (Å²) in [7, 11) is 0. The third-order valence-electron chi connectivity index (χ3n) is 3.33. The molecule has 2 N–H and O–H groups in total. The number of carboxylic acids is 1. The first-order chi connectivity index (χ1) is 8.07. The highest BCUT2D eigenvalue weighted by molar-refractivity contribution is 5.71. The summed E-state index contributed by atoms with van der Waals surface area (Å²) in [6.07, 6.45) is 2.29. The number of rotatable bonds is 4. The van der Waals surface area contributed by atoms with E-state index in [9.17, 15) is 9.90 Å². The van der Waals surface area contributed by atoms with Gasteiger partial charge in [-0.3, -0.25) is 4.79 Å². The number of aromatic nitrogens is 3. The van der Waals surface area contributed by atoms with Crippen LogP contribution in [0.3, 0.4) is 0 Å². The van der Waals surface area contributed by atoms with Crippen molar-refractivity contribution in [3.05, 3.63) is 11.9 Å². The van der Waals surface area contributed by atoms with Gasteiger partial charge in [0.15, 0.2) is 0 Å². The minimum Gasteiger partial charge on any atom is -0.481 e. The Morgan fingerprint density at radius 2 is 2.35 bits per heavy atom. The number of hydrogen-bond donors (Lipinski definition) is 2. The van der Waals surface area contributed by atoms with Crippen molar-refractivity contribution in [1.82, 2.24) is 15.0 Å². The van der Waals surface area contributed by atoms with E-state index in [2.05, 4.69) is 10.3 Å². The van der Waals surface area contributed by atoms with Crippen LogP contribution in [0.1, 0.15) is 18.5 Å². The molecule has 1 aromatic heterocycles. The van der Waals surface area contributed by atoms with E-state index in [1.54, 1.807) is 10.9 Å². The summed E-state index contributed by atoms with van der Waals surface area (Å²) in [6.45, 7) is 1.37. The molecule has 1 aromatic rings. The van der Waals surface area contributed by atoms with Gasteiger partial charge < -0.3 is 14.9 Å². The van der Waals surface area contributed by atoms with Gasteiger partial charge in [-0.25, -0.2) is 4.68 Å². The molecule has 0 aromatic carbocycles. The number of aliphatic carboxylic acids is 1. The molecule has 0 bridgehead atoms. The van der Waals surface area contributed by atoms with Crippen LogP contribution in [0.4, 0.5) is 0 Å². The van der Waals surface area contributed by atoms with Crippen LogP contribution in [-0.2, 0) is 21.7 Å². The quantitative estimate of drug-likeness (QED) is 0.678. The first-order valence-electron chi connectivity index (χ1n) is 5.54. The lowest BCUT2D eigenvalue weighted by Gasteiger charge is -2.39. The molecule has 17 heavy (non-hydrogen) atoms. The van der Waals surface area contributed by atoms with Gasteiger partial charge in [-0.1, -0.05) is 5.21 Å². The summed E-state index contributed by atoms with van der Waals surface area (Å²) in [6, 6.07) is 0. The van der Waals surface area contributed by atoms with Gasteiger partial charge in [-0.05, 0) is 12.8 Å². The zero-order chi connectivity index (χ0) is 12.0. The monoisotopic (exact) mass is 239 g/mol. The van der Waals surface area contributed by atoms with Crippen molar-refractivity contribution in [1.29, 1.82) is 0 Å². The molecule has 1 saturated heterocycles. The fraction of sp³-hybridized carbons (Fsp3) is 0.700. The minimum absolute atomic E-state index is 0.201. The van der Waals surface area contributed by atoms with Crippen LogP contribution in [0, 0.1) is 5.92 Å². The molecular weight excluding hydrogens is 226 g/mol. The molecule has 1 saturated carbocycles. The Morgan fingerprint density at radius 1 is 1.65 bits per heavy atom. The number of aliphatic hydroxyl groups is 1. The average Bonchev–Trinajstić information content (AvgIpc) is 2.89. The second-order valence-corrected chi connectivity index (χ2v) is 4.76.